The molecule has 0 saturated heterocycles. The number of rotatable bonds is 4. The molecule has 0 amide bonds. The van der Waals surface area contributed by atoms with Gasteiger partial charge in [0, 0.05) is 20.6 Å². The maximum absolute atomic E-state index is 14.2. The Morgan fingerprint density at radius 3 is 2.50 bits per heavy atom. The van der Waals surface area contributed by atoms with E-state index in [-0.39, 0.29) is 5.82 Å². The first-order valence-corrected chi connectivity index (χ1v) is 7.40. The molecular formula is C14H13Br2FN2O. The molecule has 0 saturated carbocycles. The van der Waals surface area contributed by atoms with E-state index in [2.05, 4.69) is 37.3 Å². The van der Waals surface area contributed by atoms with Gasteiger partial charge in [-0.3, -0.25) is 5.84 Å². The van der Waals surface area contributed by atoms with Crippen molar-refractivity contribution in [3.8, 4) is 5.75 Å². The molecule has 1 unspecified atom stereocenters. The fourth-order valence-electron chi connectivity index (χ4n) is 1.95. The highest BCUT2D eigenvalue weighted by molar-refractivity contribution is 9.11. The largest absolute Gasteiger partial charge is 0.497 e. The summed E-state index contributed by atoms with van der Waals surface area (Å²) in [6, 6.07) is 9.90. The zero-order chi connectivity index (χ0) is 14.7. The summed E-state index contributed by atoms with van der Waals surface area (Å²) in [5.41, 5.74) is 3.94. The van der Waals surface area contributed by atoms with Gasteiger partial charge in [0.25, 0.3) is 0 Å². The van der Waals surface area contributed by atoms with E-state index in [1.165, 1.54) is 13.2 Å². The predicted molar refractivity (Wildman–Crippen MR) is 84.0 cm³/mol. The third kappa shape index (κ3) is 3.20. The summed E-state index contributed by atoms with van der Waals surface area (Å²) >= 11 is 6.86. The Bertz CT molecular complexity index is 622. The van der Waals surface area contributed by atoms with E-state index in [9.17, 15) is 4.39 Å². The van der Waals surface area contributed by atoms with Gasteiger partial charge >= 0.3 is 0 Å². The molecule has 2 aromatic rings. The van der Waals surface area contributed by atoms with Crippen molar-refractivity contribution in [3.05, 3.63) is 62.3 Å². The monoisotopic (exact) mass is 402 g/mol. The van der Waals surface area contributed by atoms with Gasteiger partial charge in [-0.2, -0.15) is 0 Å². The Balaban J connectivity index is 2.49. The van der Waals surface area contributed by atoms with Crippen molar-refractivity contribution < 1.29 is 9.13 Å². The molecule has 20 heavy (non-hydrogen) atoms. The minimum atomic E-state index is -0.465. The number of hydrogen-bond donors (Lipinski definition) is 2. The van der Waals surface area contributed by atoms with E-state index in [4.69, 9.17) is 10.6 Å². The highest BCUT2D eigenvalue weighted by Crippen LogP contribution is 2.32. The number of nitrogens with two attached hydrogens (primary N) is 1. The Hall–Kier alpha value is -0.950. The van der Waals surface area contributed by atoms with Crippen LogP contribution in [0.15, 0.2) is 45.3 Å². The predicted octanol–water partition coefficient (Wildman–Crippen LogP) is 3.91. The van der Waals surface area contributed by atoms with Gasteiger partial charge in [-0.1, -0.05) is 37.9 Å². The van der Waals surface area contributed by atoms with Crippen LogP contribution >= 0.6 is 31.9 Å². The lowest BCUT2D eigenvalue weighted by molar-refractivity contribution is 0.410. The Kier molecular flexibility index (Phi) is 5.15. The number of hydrogen-bond acceptors (Lipinski definition) is 3. The standard InChI is InChI=1S/C14H13Br2FN2O/c1-20-9-3-4-10(13(17)7-9)14(19-18)11-6-8(15)2-5-12(11)16/h2-7,14,19H,18H2,1H3. The molecule has 2 rings (SSSR count). The lowest BCUT2D eigenvalue weighted by Gasteiger charge is -2.19. The highest BCUT2D eigenvalue weighted by Gasteiger charge is 2.19. The number of halogens is 3. The molecule has 3 nitrogen and oxygen atoms in total. The van der Waals surface area contributed by atoms with Crippen LogP contribution in [0.2, 0.25) is 0 Å². The number of methoxy groups -OCH3 is 1. The summed E-state index contributed by atoms with van der Waals surface area (Å²) in [5.74, 6) is 5.70. The Morgan fingerprint density at radius 2 is 1.90 bits per heavy atom. The molecule has 1 atom stereocenters. The average molecular weight is 404 g/mol. The number of hydrazine groups is 1. The zero-order valence-corrected chi connectivity index (χ0v) is 13.8. The molecule has 0 spiro atoms. The van der Waals surface area contributed by atoms with Crippen LogP contribution in [-0.4, -0.2) is 7.11 Å². The summed E-state index contributed by atoms with van der Waals surface area (Å²) in [6.07, 6.45) is 0. The van der Waals surface area contributed by atoms with E-state index in [0.29, 0.717) is 11.3 Å². The van der Waals surface area contributed by atoms with Gasteiger partial charge < -0.3 is 4.74 Å². The summed E-state index contributed by atoms with van der Waals surface area (Å²) < 4.78 is 20.9. The summed E-state index contributed by atoms with van der Waals surface area (Å²) in [5, 5.41) is 0. The lowest BCUT2D eigenvalue weighted by Crippen LogP contribution is -2.29. The van der Waals surface area contributed by atoms with E-state index < -0.39 is 6.04 Å². The van der Waals surface area contributed by atoms with Gasteiger partial charge in [-0.25, -0.2) is 9.82 Å². The number of benzene rings is 2. The van der Waals surface area contributed by atoms with E-state index in [0.717, 1.165) is 14.5 Å². The first kappa shape index (κ1) is 15.4. The smallest absolute Gasteiger partial charge is 0.132 e. The van der Waals surface area contributed by atoms with Gasteiger partial charge in [0.05, 0.1) is 13.2 Å². The molecule has 106 valence electrons. The minimum Gasteiger partial charge on any atom is -0.497 e. The van der Waals surface area contributed by atoms with Crippen LogP contribution in [0.1, 0.15) is 17.2 Å². The molecule has 0 aromatic heterocycles. The molecule has 0 aliphatic carbocycles. The molecule has 0 aliphatic rings. The van der Waals surface area contributed by atoms with Crippen LogP contribution in [-0.2, 0) is 0 Å². The molecule has 0 bridgehead atoms. The zero-order valence-electron chi connectivity index (χ0n) is 10.7. The van der Waals surface area contributed by atoms with Gasteiger partial charge in [0.15, 0.2) is 0 Å². The molecule has 0 radical (unpaired) electrons. The second-order valence-electron chi connectivity index (χ2n) is 4.15. The third-order valence-electron chi connectivity index (χ3n) is 2.95. The van der Waals surface area contributed by atoms with Crippen LogP contribution in [0.4, 0.5) is 4.39 Å². The average Bonchev–Trinajstić information content (AvgIpc) is 2.44. The molecular weight excluding hydrogens is 391 g/mol. The fourth-order valence-corrected chi connectivity index (χ4v) is 2.81. The van der Waals surface area contributed by atoms with Gasteiger partial charge in [0.2, 0.25) is 0 Å². The first-order valence-electron chi connectivity index (χ1n) is 5.81. The van der Waals surface area contributed by atoms with Gasteiger partial charge in [0.1, 0.15) is 11.6 Å². The minimum absolute atomic E-state index is 0.376. The quantitative estimate of drug-likeness (QED) is 0.600. The van der Waals surface area contributed by atoms with E-state index >= 15 is 0 Å². The van der Waals surface area contributed by atoms with Crippen LogP contribution in [0.3, 0.4) is 0 Å². The summed E-state index contributed by atoms with van der Waals surface area (Å²) in [4.78, 5) is 0. The van der Waals surface area contributed by atoms with Gasteiger partial charge in [-0.05, 0) is 29.8 Å². The fraction of sp³-hybridized carbons (Fsp3) is 0.143. The molecule has 2 aromatic carbocycles. The molecule has 6 heteroatoms. The Morgan fingerprint density at radius 1 is 1.15 bits per heavy atom. The highest BCUT2D eigenvalue weighted by atomic mass is 79.9. The van der Waals surface area contributed by atoms with Crippen molar-refractivity contribution in [2.24, 2.45) is 5.84 Å². The van der Waals surface area contributed by atoms with Crippen molar-refractivity contribution in [1.29, 1.82) is 0 Å². The topological polar surface area (TPSA) is 47.3 Å². The van der Waals surface area contributed by atoms with Crippen LogP contribution in [0.25, 0.3) is 0 Å². The van der Waals surface area contributed by atoms with Crippen LogP contribution in [0.5, 0.6) is 5.75 Å². The maximum atomic E-state index is 14.2. The third-order valence-corrected chi connectivity index (χ3v) is 4.17. The lowest BCUT2D eigenvalue weighted by atomic mass is 9.98. The van der Waals surface area contributed by atoms with Crippen LogP contribution in [0, 0.1) is 5.82 Å². The SMILES string of the molecule is COc1ccc(C(NN)c2cc(Br)ccc2Br)c(F)c1. The number of ether oxygens (including phenoxy) is 1. The molecule has 0 fully saturated rings. The van der Waals surface area contributed by atoms with Crippen molar-refractivity contribution in [3.63, 3.8) is 0 Å². The Labute approximate surface area is 133 Å². The van der Waals surface area contributed by atoms with Crippen molar-refractivity contribution in [2.45, 2.75) is 6.04 Å². The molecule has 3 N–H and O–H groups in total. The molecule has 0 heterocycles. The summed E-state index contributed by atoms with van der Waals surface area (Å²) in [6.45, 7) is 0. The van der Waals surface area contributed by atoms with Crippen molar-refractivity contribution in [1.82, 2.24) is 5.43 Å². The first-order chi connectivity index (χ1) is 9.56. The maximum Gasteiger partial charge on any atom is 0.132 e. The number of nitrogens with one attached hydrogen (secondary N) is 1. The normalized spacial score (nSPS) is 12.2. The van der Waals surface area contributed by atoms with Gasteiger partial charge in [-0.15, -0.1) is 0 Å². The summed E-state index contributed by atoms with van der Waals surface area (Å²) in [7, 11) is 1.50. The molecule has 0 aliphatic heterocycles. The van der Waals surface area contributed by atoms with Crippen molar-refractivity contribution >= 4 is 31.9 Å². The van der Waals surface area contributed by atoms with E-state index in [1.54, 1.807) is 12.1 Å². The van der Waals surface area contributed by atoms with Crippen LogP contribution < -0.4 is 16.0 Å². The second-order valence-corrected chi connectivity index (χ2v) is 5.92. The van der Waals surface area contributed by atoms with E-state index in [1.807, 2.05) is 18.2 Å². The second kappa shape index (κ2) is 6.67. The van der Waals surface area contributed by atoms with Crippen molar-refractivity contribution in [2.75, 3.05) is 7.11 Å².